The molecule has 0 aliphatic carbocycles. The third-order valence-electron chi connectivity index (χ3n) is 4.26. The van der Waals surface area contributed by atoms with E-state index in [-0.39, 0.29) is 11.7 Å². The number of allylic oxidation sites excluding steroid dienone is 1. The summed E-state index contributed by atoms with van der Waals surface area (Å²) in [6.07, 6.45) is 1.76. The van der Waals surface area contributed by atoms with Gasteiger partial charge in [0.25, 0.3) is 0 Å². The highest BCUT2D eigenvalue weighted by molar-refractivity contribution is 8.28. The maximum Gasteiger partial charge on any atom is 0.154 e. The first-order chi connectivity index (χ1) is 11.2. The van der Waals surface area contributed by atoms with Gasteiger partial charge < -0.3 is 0 Å². The standard InChI is InChI=1S/C18H21FN2O2S/c1-11(2)17-10-15(13-5-7-14(19)8-6-13)16-9-12(3)24(22,23)21(4)18(16)20-17/h5-11,22-23H,1-4H3. The molecule has 3 rings (SSSR count). The zero-order valence-corrected chi connectivity index (χ0v) is 14.9. The summed E-state index contributed by atoms with van der Waals surface area (Å²) in [6, 6.07) is 8.29. The molecular weight excluding hydrogens is 327 g/mol. The van der Waals surface area contributed by atoms with Crippen LogP contribution < -0.4 is 4.31 Å². The molecule has 1 aliphatic rings. The zero-order valence-electron chi connectivity index (χ0n) is 14.1. The molecule has 1 aromatic heterocycles. The van der Waals surface area contributed by atoms with E-state index >= 15 is 0 Å². The van der Waals surface area contributed by atoms with Gasteiger partial charge in [-0.2, -0.15) is 0 Å². The van der Waals surface area contributed by atoms with E-state index in [4.69, 9.17) is 0 Å². The Hall–Kier alpha value is -1.89. The molecular formula is C18H21FN2O2S. The maximum atomic E-state index is 13.3. The second-order valence-corrected chi connectivity index (χ2v) is 8.49. The summed E-state index contributed by atoms with van der Waals surface area (Å²) < 4.78 is 35.5. The first-order valence-corrected chi connectivity index (χ1v) is 9.23. The SMILES string of the molecule is CC1=Cc2c(-c3ccc(F)cc3)cc(C(C)C)nc2N(C)S1(O)O. The maximum absolute atomic E-state index is 13.3. The average molecular weight is 348 g/mol. The Morgan fingerprint density at radius 2 is 1.79 bits per heavy atom. The summed E-state index contributed by atoms with van der Waals surface area (Å²) in [5.41, 5.74) is 3.44. The summed E-state index contributed by atoms with van der Waals surface area (Å²) >= 11 is 0. The van der Waals surface area contributed by atoms with Crippen LogP contribution in [-0.2, 0) is 0 Å². The fourth-order valence-electron chi connectivity index (χ4n) is 2.73. The average Bonchev–Trinajstić information content (AvgIpc) is 2.53. The van der Waals surface area contributed by atoms with Crippen LogP contribution in [0.4, 0.5) is 10.2 Å². The Kier molecular flexibility index (Phi) is 4.15. The number of nitrogens with zero attached hydrogens (tertiary/aromatic N) is 2. The Bertz CT molecular complexity index is 817. The van der Waals surface area contributed by atoms with Crippen molar-refractivity contribution in [3.8, 4) is 11.1 Å². The number of hydrogen-bond acceptors (Lipinski definition) is 4. The van der Waals surface area contributed by atoms with Crippen LogP contribution in [0.1, 0.15) is 37.9 Å². The fraction of sp³-hybridized carbons (Fsp3) is 0.278. The van der Waals surface area contributed by atoms with Crippen LogP contribution in [0.5, 0.6) is 0 Å². The molecule has 0 saturated heterocycles. The first kappa shape index (κ1) is 17.0. The molecule has 4 nitrogen and oxygen atoms in total. The highest BCUT2D eigenvalue weighted by Gasteiger charge is 2.31. The van der Waals surface area contributed by atoms with Crippen molar-refractivity contribution < 1.29 is 13.5 Å². The minimum Gasteiger partial charge on any atom is -0.278 e. The van der Waals surface area contributed by atoms with Gasteiger partial charge in [0.1, 0.15) is 5.82 Å². The van der Waals surface area contributed by atoms with Crippen molar-refractivity contribution in [3.05, 3.63) is 52.3 Å². The molecule has 0 amide bonds. The largest absolute Gasteiger partial charge is 0.278 e. The summed E-state index contributed by atoms with van der Waals surface area (Å²) in [5.74, 6) is 0.423. The highest BCUT2D eigenvalue weighted by Crippen LogP contribution is 2.57. The van der Waals surface area contributed by atoms with Gasteiger partial charge in [0.15, 0.2) is 5.82 Å². The van der Waals surface area contributed by atoms with Crippen LogP contribution in [0.15, 0.2) is 35.2 Å². The molecule has 2 N–H and O–H groups in total. The number of hydrogen-bond donors (Lipinski definition) is 2. The second kappa shape index (κ2) is 5.88. The summed E-state index contributed by atoms with van der Waals surface area (Å²) in [7, 11) is -1.39. The van der Waals surface area contributed by atoms with Crippen molar-refractivity contribution in [2.45, 2.75) is 26.7 Å². The minimum atomic E-state index is -3.03. The van der Waals surface area contributed by atoms with Crippen molar-refractivity contribution in [1.29, 1.82) is 0 Å². The van der Waals surface area contributed by atoms with Crippen molar-refractivity contribution >= 4 is 22.7 Å². The summed E-state index contributed by atoms with van der Waals surface area (Å²) in [4.78, 5) is 5.12. The quantitative estimate of drug-likeness (QED) is 0.754. The van der Waals surface area contributed by atoms with Gasteiger partial charge in [-0.1, -0.05) is 36.8 Å². The molecule has 128 valence electrons. The summed E-state index contributed by atoms with van der Waals surface area (Å²) in [5, 5.41) is 0. The lowest BCUT2D eigenvalue weighted by atomic mass is 9.96. The van der Waals surface area contributed by atoms with Crippen molar-refractivity contribution in [2.24, 2.45) is 0 Å². The van der Waals surface area contributed by atoms with E-state index < -0.39 is 10.8 Å². The number of rotatable bonds is 2. The van der Waals surface area contributed by atoms with Crippen LogP contribution in [0.25, 0.3) is 17.2 Å². The molecule has 0 unspecified atom stereocenters. The number of anilines is 1. The van der Waals surface area contributed by atoms with Gasteiger partial charge in [-0.25, -0.2) is 9.37 Å². The molecule has 0 saturated carbocycles. The number of fused-ring (bicyclic) bond motifs is 1. The van der Waals surface area contributed by atoms with Gasteiger partial charge in [0.05, 0.1) is 4.91 Å². The van der Waals surface area contributed by atoms with Crippen molar-refractivity contribution in [3.63, 3.8) is 0 Å². The van der Waals surface area contributed by atoms with E-state index in [0.717, 1.165) is 22.4 Å². The Morgan fingerprint density at radius 3 is 2.38 bits per heavy atom. The monoisotopic (exact) mass is 348 g/mol. The molecule has 0 radical (unpaired) electrons. The Morgan fingerprint density at radius 1 is 1.17 bits per heavy atom. The van der Waals surface area contributed by atoms with E-state index in [2.05, 4.69) is 4.98 Å². The van der Waals surface area contributed by atoms with E-state index in [9.17, 15) is 13.5 Å². The first-order valence-electron chi connectivity index (χ1n) is 7.73. The molecule has 1 aliphatic heterocycles. The van der Waals surface area contributed by atoms with E-state index in [1.165, 1.54) is 16.4 Å². The molecule has 6 heteroatoms. The Labute approximate surface area is 143 Å². The predicted molar refractivity (Wildman–Crippen MR) is 98.6 cm³/mol. The lowest BCUT2D eigenvalue weighted by Crippen LogP contribution is -2.28. The lowest BCUT2D eigenvalue weighted by Gasteiger charge is -2.45. The van der Waals surface area contributed by atoms with E-state index in [1.54, 1.807) is 32.2 Å². The zero-order chi connectivity index (χ0) is 17.6. The van der Waals surface area contributed by atoms with Crippen LogP contribution >= 0.6 is 10.8 Å². The smallest absolute Gasteiger partial charge is 0.154 e. The lowest BCUT2D eigenvalue weighted by molar-refractivity contribution is 0.492. The van der Waals surface area contributed by atoms with Gasteiger partial charge in [-0.05, 0) is 48.2 Å². The van der Waals surface area contributed by atoms with Gasteiger partial charge in [0.2, 0.25) is 0 Å². The Balaban J connectivity index is 2.30. The van der Waals surface area contributed by atoms with Gasteiger partial charge >= 0.3 is 0 Å². The van der Waals surface area contributed by atoms with Crippen LogP contribution in [0.3, 0.4) is 0 Å². The number of aromatic nitrogens is 1. The molecule has 2 aromatic rings. The third kappa shape index (κ3) is 2.70. The van der Waals surface area contributed by atoms with Gasteiger partial charge in [-0.15, -0.1) is 0 Å². The molecule has 2 heterocycles. The minimum absolute atomic E-state index is 0.177. The van der Waals surface area contributed by atoms with Crippen LogP contribution in [0, 0.1) is 5.82 Å². The molecule has 0 fully saturated rings. The van der Waals surface area contributed by atoms with Gasteiger partial charge in [0, 0.05) is 18.3 Å². The van der Waals surface area contributed by atoms with E-state index in [1.807, 2.05) is 19.9 Å². The molecule has 0 bridgehead atoms. The van der Waals surface area contributed by atoms with Crippen molar-refractivity contribution in [2.75, 3.05) is 11.4 Å². The normalized spacial score (nSPS) is 17.5. The highest BCUT2D eigenvalue weighted by atomic mass is 32.3. The summed E-state index contributed by atoms with van der Waals surface area (Å²) in [6.45, 7) is 5.76. The van der Waals surface area contributed by atoms with E-state index in [0.29, 0.717) is 10.7 Å². The van der Waals surface area contributed by atoms with Crippen LogP contribution in [-0.4, -0.2) is 21.1 Å². The molecule has 24 heavy (non-hydrogen) atoms. The molecule has 0 spiro atoms. The predicted octanol–water partition coefficient (Wildman–Crippen LogP) is 5.49. The topological polar surface area (TPSA) is 56.6 Å². The molecule has 1 aromatic carbocycles. The van der Waals surface area contributed by atoms with Crippen LogP contribution in [0.2, 0.25) is 0 Å². The van der Waals surface area contributed by atoms with Crippen molar-refractivity contribution in [1.82, 2.24) is 4.98 Å². The number of halogens is 1. The second-order valence-electron chi connectivity index (χ2n) is 6.26. The van der Waals surface area contributed by atoms with Gasteiger partial charge in [-0.3, -0.25) is 13.4 Å². The number of pyridine rings is 1. The number of benzene rings is 1. The third-order valence-corrected chi connectivity index (χ3v) is 6.18. The molecule has 0 atom stereocenters. The fourth-order valence-corrected chi connectivity index (χ4v) is 3.81.